The fraction of sp³-hybridized carbons (Fsp3) is 0.250. The Kier molecular flexibility index (Phi) is 2.13. The second-order valence-electron chi connectivity index (χ2n) is 4.49. The zero-order valence-electron chi connectivity index (χ0n) is 10.5. The Labute approximate surface area is 104 Å². The fourth-order valence-corrected chi connectivity index (χ4v) is 2.02. The molecule has 92 valence electrons. The van der Waals surface area contributed by atoms with Gasteiger partial charge in [-0.1, -0.05) is 0 Å². The number of fused-ring (bicyclic) bond motifs is 2. The Morgan fingerprint density at radius 2 is 1.94 bits per heavy atom. The van der Waals surface area contributed by atoms with Crippen molar-refractivity contribution in [1.82, 2.24) is 19.9 Å². The molecule has 0 saturated carbocycles. The Morgan fingerprint density at radius 3 is 2.67 bits per heavy atom. The van der Waals surface area contributed by atoms with E-state index in [1.165, 1.54) is 0 Å². The number of aromatic nitrogens is 4. The van der Waals surface area contributed by atoms with E-state index in [-0.39, 0.29) is 0 Å². The van der Waals surface area contributed by atoms with Crippen LogP contribution in [0.1, 0.15) is 5.56 Å². The monoisotopic (exact) mass is 242 g/mol. The summed E-state index contributed by atoms with van der Waals surface area (Å²) in [5.41, 5.74) is 10.1. The van der Waals surface area contributed by atoms with Crippen LogP contribution in [-0.4, -0.2) is 34.0 Å². The van der Waals surface area contributed by atoms with Crippen LogP contribution >= 0.6 is 0 Å². The van der Waals surface area contributed by atoms with Gasteiger partial charge in [0.1, 0.15) is 0 Å². The number of aryl methyl sites for hydroxylation is 1. The van der Waals surface area contributed by atoms with Gasteiger partial charge in [-0.3, -0.25) is 0 Å². The van der Waals surface area contributed by atoms with Gasteiger partial charge >= 0.3 is 0 Å². The molecule has 2 aliphatic rings. The Morgan fingerprint density at radius 1 is 1.17 bits per heavy atom. The second-order valence-corrected chi connectivity index (χ2v) is 4.49. The highest BCUT2D eigenvalue weighted by Crippen LogP contribution is 2.29. The van der Waals surface area contributed by atoms with Crippen molar-refractivity contribution in [3.63, 3.8) is 0 Å². The molecule has 6 heteroatoms. The highest BCUT2D eigenvalue weighted by atomic mass is 15.2. The predicted molar refractivity (Wildman–Crippen MR) is 71.8 cm³/mol. The molecule has 18 heavy (non-hydrogen) atoms. The van der Waals surface area contributed by atoms with Crippen molar-refractivity contribution < 1.29 is 0 Å². The van der Waals surface area contributed by atoms with Gasteiger partial charge in [0.25, 0.3) is 0 Å². The van der Waals surface area contributed by atoms with E-state index in [0.29, 0.717) is 11.9 Å². The van der Waals surface area contributed by atoms with Crippen LogP contribution in [0.15, 0.2) is 12.1 Å². The van der Waals surface area contributed by atoms with E-state index in [9.17, 15) is 0 Å². The first-order chi connectivity index (χ1) is 8.56. The zero-order chi connectivity index (χ0) is 12.9. The van der Waals surface area contributed by atoms with Crippen molar-refractivity contribution in [1.29, 1.82) is 0 Å². The van der Waals surface area contributed by atoms with Gasteiger partial charge in [-0.15, -0.1) is 0 Å². The molecule has 0 saturated heterocycles. The minimum Gasteiger partial charge on any atom is -0.369 e. The minimum absolute atomic E-state index is 0.416. The van der Waals surface area contributed by atoms with E-state index >= 15 is 0 Å². The first-order valence-corrected chi connectivity index (χ1v) is 5.66. The number of nitrogen functional groups attached to an aromatic ring is 1. The molecule has 0 fully saturated rings. The van der Waals surface area contributed by atoms with Crippen molar-refractivity contribution in [2.45, 2.75) is 6.92 Å². The molecule has 0 atom stereocenters. The van der Waals surface area contributed by atoms with Crippen LogP contribution in [0.5, 0.6) is 0 Å². The standard InChI is InChI=1S/C12H14N6/c1-6-9-7(14-11(13)16-9)4-5-8-10(6)17-12(15-8)18(2)3/h4-5H,1-3H3,(H3,13,14,16). The third-order valence-electron chi connectivity index (χ3n) is 2.94. The highest BCUT2D eigenvalue weighted by molar-refractivity contribution is 5.86. The van der Waals surface area contributed by atoms with E-state index in [2.05, 4.69) is 19.9 Å². The third kappa shape index (κ3) is 1.46. The molecule has 0 amide bonds. The smallest absolute Gasteiger partial charge is 0.226 e. The van der Waals surface area contributed by atoms with Crippen molar-refractivity contribution in [2.75, 3.05) is 24.7 Å². The molecule has 1 aromatic heterocycles. The molecule has 0 radical (unpaired) electrons. The van der Waals surface area contributed by atoms with Gasteiger partial charge in [0.05, 0.1) is 22.4 Å². The summed E-state index contributed by atoms with van der Waals surface area (Å²) < 4.78 is 0. The molecular weight excluding hydrogens is 228 g/mol. The molecule has 2 heterocycles. The number of hydrogen-bond donors (Lipinski definition) is 2. The maximum absolute atomic E-state index is 5.69. The van der Waals surface area contributed by atoms with Gasteiger partial charge in [-0.05, 0) is 19.1 Å². The molecule has 3 rings (SSSR count). The lowest BCUT2D eigenvalue weighted by Gasteiger charge is -2.04. The third-order valence-corrected chi connectivity index (χ3v) is 2.94. The summed E-state index contributed by atoms with van der Waals surface area (Å²) in [6, 6.07) is 3.87. The van der Waals surface area contributed by atoms with E-state index < -0.39 is 0 Å². The largest absolute Gasteiger partial charge is 0.369 e. The average molecular weight is 242 g/mol. The van der Waals surface area contributed by atoms with Crippen LogP contribution in [-0.2, 0) is 0 Å². The Balaban J connectivity index is 2.38. The van der Waals surface area contributed by atoms with Crippen LogP contribution in [0.3, 0.4) is 0 Å². The molecule has 3 N–H and O–H groups in total. The van der Waals surface area contributed by atoms with Crippen LogP contribution in [0, 0.1) is 6.92 Å². The first-order valence-electron chi connectivity index (χ1n) is 5.66. The summed E-state index contributed by atoms with van der Waals surface area (Å²) in [6.07, 6.45) is 0. The SMILES string of the molecule is Cc1c2nc(N(C)C)nc-2ccc2[nH]c(N)nc12. The van der Waals surface area contributed by atoms with Gasteiger partial charge in [0.2, 0.25) is 5.95 Å². The Bertz CT molecular complexity index is 699. The van der Waals surface area contributed by atoms with Gasteiger partial charge in [-0.25, -0.2) is 15.0 Å². The van der Waals surface area contributed by atoms with Crippen LogP contribution in [0.2, 0.25) is 0 Å². The van der Waals surface area contributed by atoms with Crippen molar-refractivity contribution in [3.8, 4) is 11.4 Å². The topological polar surface area (TPSA) is 83.7 Å². The molecule has 1 aromatic rings. The number of imidazole rings is 2. The lowest BCUT2D eigenvalue weighted by molar-refractivity contribution is 1.04. The maximum atomic E-state index is 5.69. The molecule has 1 aliphatic carbocycles. The molecule has 0 unspecified atom stereocenters. The number of nitrogens with zero attached hydrogens (tertiary/aromatic N) is 4. The lowest BCUT2D eigenvalue weighted by atomic mass is 10.2. The summed E-state index contributed by atoms with van der Waals surface area (Å²) in [5.74, 6) is 1.12. The van der Waals surface area contributed by atoms with Gasteiger partial charge < -0.3 is 15.6 Å². The summed E-state index contributed by atoms with van der Waals surface area (Å²) in [7, 11) is 3.84. The second kappa shape index (κ2) is 3.56. The van der Waals surface area contributed by atoms with E-state index in [1.54, 1.807) is 0 Å². The highest BCUT2D eigenvalue weighted by Gasteiger charge is 2.16. The summed E-state index contributed by atoms with van der Waals surface area (Å²) in [4.78, 5) is 18.2. The minimum atomic E-state index is 0.416. The molecule has 0 bridgehead atoms. The van der Waals surface area contributed by atoms with Crippen LogP contribution in [0.25, 0.3) is 22.4 Å². The number of H-pyrrole nitrogens is 1. The van der Waals surface area contributed by atoms with Crippen LogP contribution in [0.4, 0.5) is 11.9 Å². The summed E-state index contributed by atoms with van der Waals surface area (Å²) >= 11 is 0. The average Bonchev–Trinajstić information content (AvgIpc) is 2.86. The van der Waals surface area contributed by atoms with Crippen molar-refractivity contribution >= 4 is 22.9 Å². The Hall–Kier alpha value is -2.37. The zero-order valence-corrected chi connectivity index (χ0v) is 10.5. The van der Waals surface area contributed by atoms with E-state index in [4.69, 9.17) is 5.73 Å². The van der Waals surface area contributed by atoms with Gasteiger partial charge in [0, 0.05) is 19.7 Å². The van der Waals surface area contributed by atoms with Crippen LogP contribution < -0.4 is 10.6 Å². The molecule has 6 nitrogen and oxygen atoms in total. The maximum Gasteiger partial charge on any atom is 0.226 e. The number of anilines is 2. The van der Waals surface area contributed by atoms with E-state index in [0.717, 1.165) is 28.0 Å². The number of rotatable bonds is 1. The molecular formula is C12H14N6. The lowest BCUT2D eigenvalue weighted by Crippen LogP contribution is -2.09. The summed E-state index contributed by atoms with van der Waals surface area (Å²) in [5, 5.41) is 0. The van der Waals surface area contributed by atoms with Gasteiger partial charge in [-0.2, -0.15) is 0 Å². The molecule has 0 aromatic carbocycles. The normalized spacial score (nSPS) is 11.3. The van der Waals surface area contributed by atoms with Crippen molar-refractivity contribution in [2.24, 2.45) is 0 Å². The number of nitrogens with one attached hydrogen (secondary N) is 1. The number of aromatic amines is 1. The van der Waals surface area contributed by atoms with E-state index in [1.807, 2.05) is 38.1 Å². The molecule has 0 spiro atoms. The number of nitrogens with two attached hydrogens (primary N) is 1. The number of hydrogen-bond acceptors (Lipinski definition) is 5. The quantitative estimate of drug-likeness (QED) is 0.674. The summed E-state index contributed by atoms with van der Waals surface area (Å²) in [6.45, 7) is 1.99. The fourth-order valence-electron chi connectivity index (χ4n) is 2.02. The molecule has 1 aliphatic heterocycles. The van der Waals surface area contributed by atoms with Crippen molar-refractivity contribution in [3.05, 3.63) is 17.7 Å². The van der Waals surface area contributed by atoms with Gasteiger partial charge in [0.15, 0.2) is 5.95 Å². The predicted octanol–water partition coefficient (Wildman–Crippen LogP) is 1.41. The first kappa shape index (κ1) is 10.8.